The predicted molar refractivity (Wildman–Crippen MR) is 127 cm³/mol. The van der Waals surface area contributed by atoms with E-state index in [0.29, 0.717) is 12.0 Å². The average molecular weight is 400 g/mol. The van der Waals surface area contributed by atoms with Gasteiger partial charge in [-0.25, -0.2) is 0 Å². The zero-order valence-electron chi connectivity index (χ0n) is 18.9. The molecule has 0 bridgehead atoms. The first kappa shape index (κ1) is 21.2. The summed E-state index contributed by atoms with van der Waals surface area (Å²) in [4.78, 5) is 0. The molecule has 0 spiro atoms. The molecule has 1 nitrogen and oxygen atoms in total. The predicted octanol–water partition coefficient (Wildman–Crippen LogP) is 6.40. The van der Waals surface area contributed by atoms with Gasteiger partial charge in [-0.3, -0.25) is 0 Å². The van der Waals surface area contributed by atoms with Crippen LogP contribution in [0.25, 0.3) is 0 Å². The fourth-order valence-corrected chi connectivity index (χ4v) is 6.44. The quantitative estimate of drug-likeness (QED) is 0.591. The van der Waals surface area contributed by atoms with Crippen LogP contribution in [-0.2, 0) is 6.42 Å². The van der Waals surface area contributed by atoms with Crippen molar-refractivity contribution in [2.75, 3.05) is 0 Å². The van der Waals surface area contributed by atoms with Crippen molar-refractivity contribution in [2.45, 2.75) is 71.3 Å². The van der Waals surface area contributed by atoms with Crippen LogP contribution in [0.5, 0.6) is 0 Å². The van der Waals surface area contributed by atoms with Crippen LogP contribution in [0.4, 0.5) is 0 Å². The SMILES string of the molecule is C#Cc1ccc(CC2CC(c3ccc(C)cc3)CC2C2CC(C)CC(N)C2)c(C)c1. The van der Waals surface area contributed by atoms with E-state index in [2.05, 4.69) is 69.2 Å². The number of hydrogen-bond acceptors (Lipinski definition) is 1. The maximum atomic E-state index is 6.48. The average Bonchev–Trinajstić information content (AvgIpc) is 3.13. The summed E-state index contributed by atoms with van der Waals surface area (Å²) in [6.45, 7) is 6.80. The first-order chi connectivity index (χ1) is 14.4. The van der Waals surface area contributed by atoms with E-state index in [0.717, 1.165) is 29.2 Å². The topological polar surface area (TPSA) is 26.0 Å². The van der Waals surface area contributed by atoms with Gasteiger partial charge in [0.15, 0.2) is 0 Å². The van der Waals surface area contributed by atoms with E-state index in [1.54, 1.807) is 0 Å². The van der Waals surface area contributed by atoms with E-state index >= 15 is 0 Å². The molecule has 0 saturated heterocycles. The van der Waals surface area contributed by atoms with E-state index in [-0.39, 0.29) is 0 Å². The molecule has 2 aromatic rings. The Labute approximate surface area is 183 Å². The van der Waals surface area contributed by atoms with Crippen molar-refractivity contribution in [3.63, 3.8) is 0 Å². The zero-order chi connectivity index (χ0) is 21.3. The monoisotopic (exact) mass is 399 g/mol. The third kappa shape index (κ3) is 4.65. The Bertz CT molecular complexity index is 893. The first-order valence-corrected chi connectivity index (χ1v) is 11.8. The van der Waals surface area contributed by atoms with Gasteiger partial charge in [0.2, 0.25) is 0 Å². The molecule has 2 aliphatic rings. The molecule has 4 rings (SSSR count). The number of nitrogens with two attached hydrogens (primary N) is 1. The van der Waals surface area contributed by atoms with Crippen LogP contribution in [0.3, 0.4) is 0 Å². The Morgan fingerprint density at radius 2 is 1.73 bits per heavy atom. The van der Waals surface area contributed by atoms with Gasteiger partial charge in [0.1, 0.15) is 0 Å². The van der Waals surface area contributed by atoms with Crippen molar-refractivity contribution in [3.05, 3.63) is 70.3 Å². The molecule has 6 atom stereocenters. The molecule has 2 aromatic carbocycles. The standard InChI is InChI=1S/C29H37N/c1-5-22-8-11-24(21(4)14-22)15-27-16-25(23-9-6-19(2)7-10-23)18-29(27)26-12-20(3)13-28(30)17-26/h1,6-11,14,20,25-29H,12-13,15-18,30H2,2-4H3. The number of benzene rings is 2. The van der Waals surface area contributed by atoms with Gasteiger partial charge in [0, 0.05) is 11.6 Å². The number of rotatable bonds is 4. The van der Waals surface area contributed by atoms with Crippen molar-refractivity contribution in [3.8, 4) is 12.3 Å². The molecule has 158 valence electrons. The van der Waals surface area contributed by atoms with E-state index in [9.17, 15) is 0 Å². The Balaban J connectivity index is 1.59. The summed E-state index contributed by atoms with van der Waals surface area (Å²) in [6.07, 6.45) is 13.2. The van der Waals surface area contributed by atoms with Gasteiger partial charge in [0.25, 0.3) is 0 Å². The minimum Gasteiger partial charge on any atom is -0.328 e. The van der Waals surface area contributed by atoms with Crippen molar-refractivity contribution >= 4 is 0 Å². The molecule has 2 fully saturated rings. The van der Waals surface area contributed by atoms with Gasteiger partial charge < -0.3 is 5.73 Å². The second-order valence-electron chi connectivity index (χ2n) is 10.3. The largest absolute Gasteiger partial charge is 0.328 e. The summed E-state index contributed by atoms with van der Waals surface area (Å²) in [5.41, 5.74) is 13.2. The van der Waals surface area contributed by atoms with Crippen LogP contribution in [-0.4, -0.2) is 6.04 Å². The summed E-state index contributed by atoms with van der Waals surface area (Å²) in [6, 6.07) is 16.2. The highest BCUT2D eigenvalue weighted by Gasteiger charge is 2.41. The molecule has 2 saturated carbocycles. The van der Waals surface area contributed by atoms with Gasteiger partial charge in [-0.05, 0) is 111 Å². The van der Waals surface area contributed by atoms with Crippen LogP contribution in [0.2, 0.25) is 0 Å². The fraction of sp³-hybridized carbons (Fsp3) is 0.517. The van der Waals surface area contributed by atoms with Gasteiger partial charge >= 0.3 is 0 Å². The molecular formula is C29H37N. The Morgan fingerprint density at radius 3 is 2.40 bits per heavy atom. The van der Waals surface area contributed by atoms with Crippen molar-refractivity contribution in [2.24, 2.45) is 29.4 Å². The lowest BCUT2D eigenvalue weighted by Crippen LogP contribution is -2.36. The Kier molecular flexibility index (Phi) is 6.35. The molecule has 2 N–H and O–H groups in total. The van der Waals surface area contributed by atoms with Gasteiger partial charge in [0.05, 0.1) is 0 Å². The smallest absolute Gasteiger partial charge is 0.0245 e. The van der Waals surface area contributed by atoms with Crippen LogP contribution in [0, 0.1) is 49.9 Å². The maximum Gasteiger partial charge on any atom is 0.0245 e. The lowest BCUT2D eigenvalue weighted by molar-refractivity contribution is 0.154. The van der Waals surface area contributed by atoms with Crippen molar-refractivity contribution < 1.29 is 0 Å². The molecule has 0 aliphatic heterocycles. The van der Waals surface area contributed by atoms with Gasteiger partial charge in [-0.15, -0.1) is 6.42 Å². The summed E-state index contributed by atoms with van der Waals surface area (Å²) in [5.74, 6) is 6.49. The molecule has 0 aromatic heterocycles. The molecule has 6 unspecified atom stereocenters. The Morgan fingerprint density at radius 1 is 0.967 bits per heavy atom. The number of terminal acetylenes is 1. The number of aryl methyl sites for hydroxylation is 2. The molecule has 1 heteroatoms. The van der Waals surface area contributed by atoms with E-state index in [1.165, 1.54) is 60.8 Å². The lowest BCUT2D eigenvalue weighted by Gasteiger charge is -2.37. The van der Waals surface area contributed by atoms with Gasteiger partial charge in [-0.1, -0.05) is 48.7 Å². The van der Waals surface area contributed by atoms with E-state index < -0.39 is 0 Å². The van der Waals surface area contributed by atoms with Crippen LogP contribution < -0.4 is 5.73 Å². The second kappa shape index (κ2) is 8.99. The summed E-state index contributed by atoms with van der Waals surface area (Å²) in [5, 5.41) is 0. The minimum absolute atomic E-state index is 0.384. The van der Waals surface area contributed by atoms with Crippen molar-refractivity contribution in [1.82, 2.24) is 0 Å². The number of hydrogen-bond donors (Lipinski definition) is 1. The maximum absolute atomic E-state index is 6.48. The zero-order valence-corrected chi connectivity index (χ0v) is 18.9. The fourth-order valence-electron chi connectivity index (χ4n) is 6.44. The minimum atomic E-state index is 0.384. The van der Waals surface area contributed by atoms with E-state index in [1.807, 2.05) is 0 Å². The molecule has 0 amide bonds. The highest BCUT2D eigenvalue weighted by atomic mass is 14.7. The molecule has 0 radical (unpaired) electrons. The van der Waals surface area contributed by atoms with Crippen LogP contribution in [0.15, 0.2) is 42.5 Å². The molecular weight excluding hydrogens is 362 g/mol. The van der Waals surface area contributed by atoms with Crippen LogP contribution >= 0.6 is 0 Å². The first-order valence-electron chi connectivity index (χ1n) is 11.8. The van der Waals surface area contributed by atoms with Gasteiger partial charge in [-0.2, -0.15) is 0 Å². The normalized spacial score (nSPS) is 31.4. The molecule has 30 heavy (non-hydrogen) atoms. The summed E-state index contributed by atoms with van der Waals surface area (Å²) >= 11 is 0. The van der Waals surface area contributed by atoms with Crippen LogP contribution in [0.1, 0.15) is 72.8 Å². The molecule has 2 aliphatic carbocycles. The third-order valence-corrected chi connectivity index (χ3v) is 7.91. The second-order valence-corrected chi connectivity index (χ2v) is 10.3. The summed E-state index contributed by atoms with van der Waals surface area (Å²) < 4.78 is 0. The summed E-state index contributed by atoms with van der Waals surface area (Å²) in [7, 11) is 0. The third-order valence-electron chi connectivity index (χ3n) is 7.91. The highest BCUT2D eigenvalue weighted by Crippen LogP contribution is 2.50. The van der Waals surface area contributed by atoms with E-state index in [4.69, 9.17) is 12.2 Å². The Hall–Kier alpha value is -2.04. The highest BCUT2D eigenvalue weighted by molar-refractivity contribution is 5.39. The van der Waals surface area contributed by atoms with Crippen molar-refractivity contribution in [1.29, 1.82) is 0 Å². The molecule has 0 heterocycles. The lowest BCUT2D eigenvalue weighted by atomic mass is 9.69.